The minimum Gasteiger partial charge on any atom is -0.382 e. The molecule has 1 aliphatic carbocycles. The van der Waals surface area contributed by atoms with Crippen LogP contribution in [0.4, 0.5) is 11.8 Å². The highest BCUT2D eigenvalue weighted by molar-refractivity contribution is 5.82. The van der Waals surface area contributed by atoms with E-state index in [4.69, 9.17) is 10.6 Å². The summed E-state index contributed by atoms with van der Waals surface area (Å²) in [5.74, 6) is 0.891. The van der Waals surface area contributed by atoms with Crippen LogP contribution in [0.25, 0.3) is 11.2 Å². The Kier molecular flexibility index (Phi) is 2.08. The van der Waals surface area contributed by atoms with Crippen molar-refractivity contribution in [3.05, 3.63) is 18.5 Å². The van der Waals surface area contributed by atoms with Gasteiger partial charge in [0.25, 0.3) is 5.95 Å². The monoisotopic (exact) mass is 258 g/mol. The van der Waals surface area contributed by atoms with Crippen LogP contribution in [0.5, 0.6) is 0 Å². The number of hydrogen-bond acceptors (Lipinski definition) is 6. The molecule has 0 radical (unpaired) electrons. The lowest BCUT2D eigenvalue weighted by Crippen LogP contribution is -2.46. The molecule has 2 aliphatic heterocycles. The van der Waals surface area contributed by atoms with Gasteiger partial charge in [-0.2, -0.15) is 9.97 Å². The summed E-state index contributed by atoms with van der Waals surface area (Å²) in [5.41, 5.74) is 7.30. The Morgan fingerprint density at radius 3 is 2.89 bits per heavy atom. The number of rotatable bonds is 1. The number of nitrogen functional groups attached to an aromatic ring is 1. The van der Waals surface area contributed by atoms with E-state index in [-0.39, 0.29) is 12.1 Å². The highest BCUT2D eigenvalue weighted by atomic mass is 16.7. The maximum atomic E-state index is 5.95. The van der Waals surface area contributed by atoms with Gasteiger partial charge in [0.1, 0.15) is 11.6 Å². The Labute approximate surface area is 109 Å². The molecule has 2 unspecified atom stereocenters. The molecule has 4 heterocycles. The molecular formula is C12H14N6O. The van der Waals surface area contributed by atoms with Gasteiger partial charge in [-0.1, -0.05) is 12.2 Å². The van der Waals surface area contributed by atoms with Crippen LogP contribution in [0, 0.1) is 0 Å². The lowest BCUT2D eigenvalue weighted by atomic mass is 9.98. The maximum absolute atomic E-state index is 5.95. The Morgan fingerprint density at radius 2 is 2.21 bits per heavy atom. The highest BCUT2D eigenvalue weighted by Gasteiger charge is 2.33. The lowest BCUT2D eigenvalue weighted by molar-refractivity contribution is 0.000798. The number of nitrogens with zero attached hydrogens (tertiary/aromatic N) is 5. The van der Waals surface area contributed by atoms with Crippen LogP contribution in [0.2, 0.25) is 0 Å². The van der Waals surface area contributed by atoms with Gasteiger partial charge in [-0.05, 0) is 12.8 Å². The van der Waals surface area contributed by atoms with Crippen LogP contribution in [-0.2, 0) is 11.9 Å². The molecule has 2 aromatic heterocycles. The highest BCUT2D eigenvalue weighted by Crippen LogP contribution is 2.31. The first-order chi connectivity index (χ1) is 9.22. The molecule has 7 nitrogen and oxygen atoms in total. The molecule has 0 spiro atoms. The summed E-state index contributed by atoms with van der Waals surface area (Å²) >= 11 is 0. The van der Waals surface area contributed by atoms with Crippen molar-refractivity contribution in [2.45, 2.75) is 25.0 Å². The van der Waals surface area contributed by atoms with E-state index in [0.717, 1.165) is 18.5 Å². The van der Waals surface area contributed by atoms with E-state index in [1.54, 1.807) is 11.4 Å². The number of aryl methyl sites for hydroxylation is 1. The second kappa shape index (κ2) is 3.67. The maximum Gasteiger partial charge on any atom is 0.254 e. The molecule has 1 fully saturated rings. The van der Waals surface area contributed by atoms with Gasteiger partial charge in [-0.3, -0.25) is 4.84 Å². The summed E-state index contributed by atoms with van der Waals surface area (Å²) in [6.07, 6.45) is 8.14. The number of hydrogen-bond donors (Lipinski definition) is 1. The Hall–Kier alpha value is -2.15. The standard InChI is InChI=1S/C12H14N6O/c1-17-6-14-9-10(13)15-12(16-11(9)17)18-7-2-4-8(19-18)5-3-7/h2,4,6-8H,3,5H2,1H3,(H2,13,15,16). The minimum atomic E-state index is 0.122. The van der Waals surface area contributed by atoms with Gasteiger partial charge in [-0.25, -0.2) is 10.0 Å². The van der Waals surface area contributed by atoms with E-state index >= 15 is 0 Å². The molecule has 0 saturated carbocycles. The van der Waals surface area contributed by atoms with Crippen LogP contribution in [0.15, 0.2) is 18.5 Å². The van der Waals surface area contributed by atoms with Crippen LogP contribution < -0.4 is 10.8 Å². The van der Waals surface area contributed by atoms with Crippen molar-refractivity contribution in [1.29, 1.82) is 0 Å². The fourth-order valence-corrected chi connectivity index (χ4v) is 2.60. The third-order valence-electron chi connectivity index (χ3n) is 3.62. The number of imidazole rings is 1. The number of aromatic nitrogens is 4. The summed E-state index contributed by atoms with van der Waals surface area (Å²) in [5, 5.41) is 1.76. The Morgan fingerprint density at radius 1 is 1.32 bits per heavy atom. The van der Waals surface area contributed by atoms with Crippen molar-refractivity contribution in [1.82, 2.24) is 19.5 Å². The fourth-order valence-electron chi connectivity index (χ4n) is 2.60. The van der Waals surface area contributed by atoms with Crippen molar-refractivity contribution < 1.29 is 4.84 Å². The molecule has 1 saturated heterocycles. The first-order valence-electron chi connectivity index (χ1n) is 6.31. The summed E-state index contributed by atoms with van der Waals surface area (Å²) in [6, 6.07) is 0.190. The lowest BCUT2D eigenvalue weighted by Gasteiger charge is -2.40. The third-order valence-corrected chi connectivity index (χ3v) is 3.62. The normalized spacial score (nSPS) is 25.4. The van der Waals surface area contributed by atoms with Crippen molar-refractivity contribution in [3.8, 4) is 0 Å². The second-order valence-corrected chi connectivity index (χ2v) is 4.94. The molecule has 2 atom stereocenters. The number of nitrogens with two attached hydrogens (primary N) is 1. The van der Waals surface area contributed by atoms with E-state index in [9.17, 15) is 0 Å². The van der Waals surface area contributed by atoms with Gasteiger partial charge >= 0.3 is 0 Å². The third kappa shape index (κ3) is 1.51. The smallest absolute Gasteiger partial charge is 0.254 e. The SMILES string of the molecule is Cn1cnc2c(N)nc(N3OC4C=CC3CC4)nc21. The van der Waals surface area contributed by atoms with Crippen molar-refractivity contribution in [3.63, 3.8) is 0 Å². The summed E-state index contributed by atoms with van der Waals surface area (Å²) in [4.78, 5) is 18.8. The first-order valence-corrected chi connectivity index (χ1v) is 6.31. The largest absolute Gasteiger partial charge is 0.382 e. The minimum absolute atomic E-state index is 0.122. The molecular weight excluding hydrogens is 244 g/mol. The van der Waals surface area contributed by atoms with Gasteiger partial charge in [-0.15, -0.1) is 0 Å². The van der Waals surface area contributed by atoms with Crippen molar-refractivity contribution >= 4 is 22.9 Å². The van der Waals surface area contributed by atoms with Crippen molar-refractivity contribution in [2.75, 3.05) is 10.8 Å². The van der Waals surface area contributed by atoms with E-state index in [1.165, 1.54) is 0 Å². The number of fused-ring (bicyclic) bond motifs is 3. The molecule has 2 bridgehead atoms. The zero-order valence-corrected chi connectivity index (χ0v) is 10.5. The molecule has 2 N–H and O–H groups in total. The molecule has 19 heavy (non-hydrogen) atoms. The summed E-state index contributed by atoms with van der Waals surface area (Å²) < 4.78 is 1.83. The van der Waals surface area contributed by atoms with Crippen LogP contribution in [-0.4, -0.2) is 31.7 Å². The van der Waals surface area contributed by atoms with Gasteiger partial charge in [0.15, 0.2) is 11.5 Å². The second-order valence-electron chi connectivity index (χ2n) is 4.94. The first kappa shape index (κ1) is 10.7. The molecule has 0 amide bonds. The zero-order valence-electron chi connectivity index (χ0n) is 10.5. The van der Waals surface area contributed by atoms with Crippen molar-refractivity contribution in [2.24, 2.45) is 7.05 Å². The summed E-state index contributed by atoms with van der Waals surface area (Å²) in [6.45, 7) is 0. The van der Waals surface area contributed by atoms with Gasteiger partial charge in [0.2, 0.25) is 0 Å². The van der Waals surface area contributed by atoms with Gasteiger partial charge < -0.3 is 10.3 Å². The molecule has 3 aliphatic rings. The van der Waals surface area contributed by atoms with Crippen LogP contribution in [0.3, 0.4) is 0 Å². The molecule has 2 aromatic rings. The predicted octanol–water partition coefficient (Wildman–Crippen LogP) is 0.784. The van der Waals surface area contributed by atoms with Gasteiger partial charge in [0, 0.05) is 7.05 Å². The molecule has 0 aromatic carbocycles. The molecule has 98 valence electrons. The van der Waals surface area contributed by atoms with Crippen LogP contribution in [0.1, 0.15) is 12.8 Å². The van der Waals surface area contributed by atoms with E-state index < -0.39 is 0 Å². The molecule has 7 heteroatoms. The fraction of sp³-hybridized carbons (Fsp3) is 0.417. The Balaban J connectivity index is 1.83. The topological polar surface area (TPSA) is 82.1 Å². The quantitative estimate of drug-likeness (QED) is 0.761. The van der Waals surface area contributed by atoms with E-state index in [0.29, 0.717) is 17.3 Å². The van der Waals surface area contributed by atoms with Gasteiger partial charge in [0.05, 0.1) is 12.4 Å². The average molecular weight is 258 g/mol. The molecule has 5 rings (SSSR count). The predicted molar refractivity (Wildman–Crippen MR) is 70.2 cm³/mol. The van der Waals surface area contributed by atoms with E-state index in [1.807, 2.05) is 11.6 Å². The number of anilines is 2. The summed E-state index contributed by atoms with van der Waals surface area (Å²) in [7, 11) is 1.88. The Bertz CT molecular complexity index is 678. The number of hydroxylamine groups is 1. The average Bonchev–Trinajstić information content (AvgIpc) is 2.82. The van der Waals surface area contributed by atoms with E-state index in [2.05, 4.69) is 27.1 Å². The van der Waals surface area contributed by atoms with Crippen LogP contribution >= 0.6 is 0 Å². The zero-order chi connectivity index (χ0) is 13.0.